The Kier molecular flexibility index (Phi) is 23.9. The number of nitrogens with zero attached hydrogens (tertiary/aromatic N) is 2. The summed E-state index contributed by atoms with van der Waals surface area (Å²) < 4.78 is 5.21. The fourth-order valence-electron chi connectivity index (χ4n) is 5.62. The average molecular weight is 504 g/mol. The van der Waals surface area contributed by atoms with Crippen molar-refractivity contribution in [2.24, 2.45) is 0 Å². The molecule has 1 rings (SSSR count). The Hall–Kier alpha value is -0.790. The standard InChI is InChI=1S/C34H67N2/c1-4-7-10-13-15-16-17-18-19-20-21-23-26-29-34-35(30-27-24-12-9-6-3)32-33-36(34)31-28-25-22-14-11-8-5-2/h32-33H,4-31H2,1-3H3/q+1. The summed E-state index contributed by atoms with van der Waals surface area (Å²) in [5, 5.41) is 0. The molecular weight excluding hydrogens is 436 g/mol. The van der Waals surface area contributed by atoms with E-state index >= 15 is 0 Å². The molecule has 1 aromatic heterocycles. The van der Waals surface area contributed by atoms with Crippen molar-refractivity contribution in [3.05, 3.63) is 18.2 Å². The van der Waals surface area contributed by atoms with Crippen molar-refractivity contribution in [1.82, 2.24) is 4.57 Å². The summed E-state index contributed by atoms with van der Waals surface area (Å²) in [6, 6.07) is 0. The van der Waals surface area contributed by atoms with Gasteiger partial charge in [0.1, 0.15) is 12.4 Å². The molecule has 0 aromatic carbocycles. The summed E-state index contributed by atoms with van der Waals surface area (Å²) >= 11 is 0. The maximum absolute atomic E-state index is 2.61. The van der Waals surface area contributed by atoms with E-state index in [1.165, 1.54) is 180 Å². The summed E-state index contributed by atoms with van der Waals surface area (Å²) in [6.07, 6.45) is 41.5. The van der Waals surface area contributed by atoms with E-state index in [9.17, 15) is 0 Å². The van der Waals surface area contributed by atoms with Gasteiger partial charge in [0.05, 0.1) is 13.1 Å². The molecule has 0 aliphatic heterocycles. The minimum absolute atomic E-state index is 1.22. The van der Waals surface area contributed by atoms with Crippen LogP contribution in [-0.2, 0) is 19.5 Å². The highest BCUT2D eigenvalue weighted by atomic mass is 15.1. The SMILES string of the molecule is CCCCCCCCCCCCCCCc1n(CCCCCCCCC)cc[n+]1CCCCCCC. The van der Waals surface area contributed by atoms with E-state index < -0.39 is 0 Å². The Labute approximate surface area is 228 Å². The molecule has 0 radical (unpaired) electrons. The van der Waals surface area contributed by atoms with Gasteiger partial charge < -0.3 is 0 Å². The topological polar surface area (TPSA) is 8.81 Å². The molecule has 0 aliphatic carbocycles. The lowest BCUT2D eigenvalue weighted by Gasteiger charge is -2.07. The second-order valence-electron chi connectivity index (χ2n) is 11.6. The number of rotatable bonds is 28. The van der Waals surface area contributed by atoms with Crippen LogP contribution in [-0.4, -0.2) is 4.57 Å². The number of hydrogen-bond acceptors (Lipinski definition) is 0. The average Bonchev–Trinajstić information content (AvgIpc) is 3.27. The van der Waals surface area contributed by atoms with Gasteiger partial charge in [0.15, 0.2) is 0 Å². The predicted octanol–water partition coefficient (Wildman–Crippen LogP) is 11.1. The van der Waals surface area contributed by atoms with Crippen LogP contribution in [0.25, 0.3) is 0 Å². The van der Waals surface area contributed by atoms with Crippen LogP contribution in [0.1, 0.15) is 187 Å². The molecule has 0 aliphatic rings. The normalized spacial score (nSPS) is 11.5. The molecule has 212 valence electrons. The molecule has 0 amide bonds. The Morgan fingerprint density at radius 2 is 0.861 bits per heavy atom. The quantitative estimate of drug-likeness (QED) is 0.0794. The molecule has 0 saturated heterocycles. The molecular formula is C34H67N2+. The number of unbranched alkanes of at least 4 members (excludes halogenated alkanes) is 22. The number of aromatic nitrogens is 2. The van der Waals surface area contributed by atoms with Crippen molar-refractivity contribution in [2.75, 3.05) is 0 Å². The Morgan fingerprint density at radius 3 is 1.33 bits per heavy atom. The molecule has 0 atom stereocenters. The van der Waals surface area contributed by atoms with Crippen molar-refractivity contribution in [3.63, 3.8) is 0 Å². The third-order valence-electron chi connectivity index (χ3n) is 8.10. The number of imidazole rings is 1. The summed E-state index contributed by atoms with van der Waals surface area (Å²) in [5.74, 6) is 1.61. The van der Waals surface area contributed by atoms with Gasteiger partial charge in [-0.15, -0.1) is 0 Å². The maximum Gasteiger partial charge on any atom is 0.256 e. The van der Waals surface area contributed by atoms with E-state index in [2.05, 4.69) is 42.3 Å². The van der Waals surface area contributed by atoms with E-state index in [0.29, 0.717) is 0 Å². The number of hydrogen-bond donors (Lipinski definition) is 0. The largest absolute Gasteiger partial charge is 0.256 e. The predicted molar refractivity (Wildman–Crippen MR) is 161 cm³/mol. The summed E-state index contributed by atoms with van der Waals surface area (Å²) in [7, 11) is 0. The minimum Gasteiger partial charge on any atom is -0.234 e. The van der Waals surface area contributed by atoms with Crippen LogP contribution < -0.4 is 4.57 Å². The van der Waals surface area contributed by atoms with Crippen LogP contribution in [0.3, 0.4) is 0 Å². The molecule has 36 heavy (non-hydrogen) atoms. The van der Waals surface area contributed by atoms with E-state index in [0.717, 1.165) is 0 Å². The fourth-order valence-corrected chi connectivity index (χ4v) is 5.62. The van der Waals surface area contributed by atoms with E-state index in [1.807, 2.05) is 0 Å². The molecule has 0 saturated carbocycles. The van der Waals surface area contributed by atoms with Gasteiger partial charge in [0, 0.05) is 6.42 Å². The van der Waals surface area contributed by atoms with Gasteiger partial charge in [-0.05, 0) is 32.1 Å². The van der Waals surface area contributed by atoms with Crippen LogP contribution in [0, 0.1) is 0 Å². The van der Waals surface area contributed by atoms with Crippen LogP contribution in [0.15, 0.2) is 12.4 Å². The number of aryl methyl sites for hydroxylation is 2. The first-order valence-corrected chi connectivity index (χ1v) is 16.9. The highest BCUT2D eigenvalue weighted by molar-refractivity contribution is 4.84. The first kappa shape index (κ1) is 33.2. The van der Waals surface area contributed by atoms with Gasteiger partial charge in [0.2, 0.25) is 0 Å². The van der Waals surface area contributed by atoms with Gasteiger partial charge in [0.25, 0.3) is 5.82 Å². The van der Waals surface area contributed by atoms with Crippen LogP contribution in [0.5, 0.6) is 0 Å². The van der Waals surface area contributed by atoms with Crippen molar-refractivity contribution in [2.45, 2.75) is 201 Å². The maximum atomic E-state index is 2.61. The third-order valence-corrected chi connectivity index (χ3v) is 8.10. The third kappa shape index (κ3) is 18.5. The zero-order valence-electron chi connectivity index (χ0n) is 25.3. The highest BCUT2D eigenvalue weighted by Crippen LogP contribution is 2.14. The zero-order chi connectivity index (χ0) is 25.9. The molecule has 2 nitrogen and oxygen atoms in total. The van der Waals surface area contributed by atoms with E-state index in [-0.39, 0.29) is 0 Å². The van der Waals surface area contributed by atoms with E-state index in [4.69, 9.17) is 0 Å². The first-order valence-electron chi connectivity index (χ1n) is 16.9. The Bertz CT molecular complexity index is 562. The van der Waals surface area contributed by atoms with Crippen LogP contribution in [0.4, 0.5) is 0 Å². The Morgan fingerprint density at radius 1 is 0.472 bits per heavy atom. The van der Waals surface area contributed by atoms with Gasteiger partial charge in [-0.25, -0.2) is 9.13 Å². The Balaban J connectivity index is 2.26. The molecule has 0 unspecified atom stereocenters. The second kappa shape index (κ2) is 25.8. The van der Waals surface area contributed by atoms with Gasteiger partial charge >= 0.3 is 0 Å². The lowest BCUT2D eigenvalue weighted by molar-refractivity contribution is -0.704. The second-order valence-corrected chi connectivity index (χ2v) is 11.6. The summed E-state index contributed by atoms with van der Waals surface area (Å²) in [6.45, 7) is 9.38. The van der Waals surface area contributed by atoms with Gasteiger partial charge in [-0.3, -0.25) is 0 Å². The van der Waals surface area contributed by atoms with Crippen molar-refractivity contribution in [1.29, 1.82) is 0 Å². The molecule has 1 aromatic rings. The smallest absolute Gasteiger partial charge is 0.234 e. The van der Waals surface area contributed by atoms with Gasteiger partial charge in [-0.1, -0.05) is 149 Å². The summed E-state index contributed by atoms with van der Waals surface area (Å²) in [5.41, 5.74) is 0. The lowest BCUT2D eigenvalue weighted by Crippen LogP contribution is -2.37. The van der Waals surface area contributed by atoms with Crippen molar-refractivity contribution >= 4 is 0 Å². The molecule has 0 spiro atoms. The summed E-state index contributed by atoms with van der Waals surface area (Å²) in [4.78, 5) is 0. The lowest BCUT2D eigenvalue weighted by atomic mass is 10.0. The van der Waals surface area contributed by atoms with Crippen molar-refractivity contribution < 1.29 is 4.57 Å². The molecule has 1 heterocycles. The zero-order valence-corrected chi connectivity index (χ0v) is 25.3. The molecule has 0 fully saturated rings. The van der Waals surface area contributed by atoms with Crippen LogP contribution in [0.2, 0.25) is 0 Å². The first-order chi connectivity index (χ1) is 17.8. The van der Waals surface area contributed by atoms with Crippen molar-refractivity contribution in [3.8, 4) is 0 Å². The monoisotopic (exact) mass is 504 g/mol. The molecule has 0 bridgehead atoms. The molecule has 0 N–H and O–H groups in total. The highest BCUT2D eigenvalue weighted by Gasteiger charge is 2.16. The minimum atomic E-state index is 1.22. The van der Waals surface area contributed by atoms with Gasteiger partial charge in [-0.2, -0.15) is 0 Å². The van der Waals surface area contributed by atoms with E-state index in [1.54, 1.807) is 5.82 Å². The molecule has 2 heteroatoms. The fraction of sp³-hybridized carbons (Fsp3) is 0.912. The van der Waals surface area contributed by atoms with Crippen LogP contribution >= 0.6 is 0 Å².